The number of carbonyl (C=O) groups excluding carboxylic acids is 2. The van der Waals surface area contributed by atoms with Gasteiger partial charge in [-0.3, -0.25) is 14.7 Å². The molecule has 1 saturated heterocycles. The minimum Gasteiger partial charge on any atom is -0.340 e. The summed E-state index contributed by atoms with van der Waals surface area (Å²) in [5.41, 5.74) is 0.645. The fraction of sp³-hybridized carbons (Fsp3) is 0.474. The quantitative estimate of drug-likeness (QED) is 0.914. The molecule has 1 unspecified atom stereocenters. The van der Waals surface area contributed by atoms with Crippen molar-refractivity contribution in [2.75, 3.05) is 19.6 Å². The third-order valence-electron chi connectivity index (χ3n) is 5.03. The van der Waals surface area contributed by atoms with E-state index in [1.165, 1.54) is 0 Å². The Balaban J connectivity index is 1.64. The van der Waals surface area contributed by atoms with Gasteiger partial charge in [-0.1, -0.05) is 18.2 Å². The van der Waals surface area contributed by atoms with Crippen molar-refractivity contribution in [3.63, 3.8) is 0 Å². The molecule has 0 radical (unpaired) electrons. The molecule has 1 atom stereocenters. The topological polar surface area (TPSA) is 82.2 Å². The summed E-state index contributed by atoms with van der Waals surface area (Å²) in [6, 6.07) is 8.92. The molecule has 4 rings (SSSR count). The van der Waals surface area contributed by atoms with Crippen LogP contribution in [0.2, 0.25) is 0 Å². The monoisotopic (exact) mass is 353 g/mol. The lowest BCUT2D eigenvalue weighted by molar-refractivity contribution is -0.132. The molecule has 2 aliphatic rings. The molecule has 0 bridgehead atoms. The van der Waals surface area contributed by atoms with E-state index in [-0.39, 0.29) is 23.8 Å². The third-order valence-corrected chi connectivity index (χ3v) is 5.03. The molecule has 1 aromatic heterocycles. The van der Waals surface area contributed by atoms with E-state index >= 15 is 0 Å². The lowest BCUT2D eigenvalue weighted by Crippen LogP contribution is -2.41. The summed E-state index contributed by atoms with van der Waals surface area (Å²) < 4.78 is 0. The number of rotatable bonds is 3. The van der Waals surface area contributed by atoms with Gasteiger partial charge in [-0.25, -0.2) is 4.98 Å². The van der Waals surface area contributed by atoms with Crippen molar-refractivity contribution in [3.05, 3.63) is 47.5 Å². The molecule has 7 nitrogen and oxygen atoms in total. The highest BCUT2D eigenvalue weighted by atomic mass is 16.2. The van der Waals surface area contributed by atoms with Gasteiger partial charge in [0.1, 0.15) is 11.9 Å². The zero-order valence-corrected chi connectivity index (χ0v) is 14.9. The van der Waals surface area contributed by atoms with Crippen molar-refractivity contribution >= 4 is 11.8 Å². The van der Waals surface area contributed by atoms with E-state index in [2.05, 4.69) is 15.2 Å². The van der Waals surface area contributed by atoms with E-state index in [1.54, 1.807) is 0 Å². The number of carbonyl (C=O) groups is 2. The zero-order chi connectivity index (χ0) is 18.1. The Bertz CT molecular complexity index is 799. The van der Waals surface area contributed by atoms with Crippen LogP contribution in [0.3, 0.4) is 0 Å². The highest BCUT2D eigenvalue weighted by Crippen LogP contribution is 2.33. The molecule has 1 aliphatic carbocycles. The van der Waals surface area contributed by atoms with Gasteiger partial charge in [0.2, 0.25) is 5.91 Å². The largest absolute Gasteiger partial charge is 0.340 e. The van der Waals surface area contributed by atoms with Gasteiger partial charge in [-0.15, -0.1) is 0 Å². The Kier molecular flexibility index (Phi) is 4.44. The molecule has 0 spiro atoms. The van der Waals surface area contributed by atoms with E-state index in [0.717, 1.165) is 19.3 Å². The summed E-state index contributed by atoms with van der Waals surface area (Å²) in [5.74, 6) is 1.61. The molecule has 1 saturated carbocycles. The van der Waals surface area contributed by atoms with E-state index in [4.69, 9.17) is 0 Å². The van der Waals surface area contributed by atoms with E-state index in [1.807, 2.05) is 47.1 Å². The number of H-pyrrole nitrogens is 1. The molecule has 136 valence electrons. The minimum atomic E-state index is -0.335. The van der Waals surface area contributed by atoms with Gasteiger partial charge < -0.3 is 9.80 Å². The van der Waals surface area contributed by atoms with Crippen LogP contribution in [0.5, 0.6) is 0 Å². The Morgan fingerprint density at radius 3 is 2.58 bits per heavy atom. The molecule has 26 heavy (non-hydrogen) atoms. The van der Waals surface area contributed by atoms with Gasteiger partial charge >= 0.3 is 0 Å². The molecule has 2 fully saturated rings. The number of aromatic nitrogens is 3. The first-order valence-electron chi connectivity index (χ1n) is 9.17. The summed E-state index contributed by atoms with van der Waals surface area (Å²) in [5, 5.41) is 7.16. The van der Waals surface area contributed by atoms with Crippen LogP contribution in [-0.4, -0.2) is 56.4 Å². The van der Waals surface area contributed by atoms with Crippen molar-refractivity contribution in [2.45, 2.75) is 32.2 Å². The molecule has 1 N–H and O–H groups in total. The number of aromatic amines is 1. The van der Waals surface area contributed by atoms with Crippen LogP contribution in [0.4, 0.5) is 0 Å². The van der Waals surface area contributed by atoms with E-state index < -0.39 is 0 Å². The predicted octanol–water partition coefficient (Wildman–Crippen LogP) is 1.94. The standard InChI is InChI=1S/C19H23N5O2/c1-13-20-17(22-21-13)16-12-23(18(25)15-8-9-15)10-5-11-24(16)19(26)14-6-3-2-4-7-14/h2-4,6-7,15-16H,5,8-12H2,1H3,(H,20,21,22). The summed E-state index contributed by atoms with van der Waals surface area (Å²) in [6.07, 6.45) is 2.72. The van der Waals surface area contributed by atoms with Crippen LogP contribution >= 0.6 is 0 Å². The SMILES string of the molecule is Cc1nc(C2CN(C(=O)C3CC3)CCCN2C(=O)c2ccccc2)n[nH]1. The number of hydrogen-bond acceptors (Lipinski definition) is 4. The van der Waals surface area contributed by atoms with Crippen LogP contribution in [0.15, 0.2) is 30.3 Å². The summed E-state index contributed by atoms with van der Waals surface area (Å²) in [7, 11) is 0. The summed E-state index contributed by atoms with van der Waals surface area (Å²) in [4.78, 5) is 33.9. The van der Waals surface area contributed by atoms with Gasteiger partial charge in [-0.2, -0.15) is 5.10 Å². The summed E-state index contributed by atoms with van der Waals surface area (Å²) in [6.45, 7) is 3.54. The summed E-state index contributed by atoms with van der Waals surface area (Å²) >= 11 is 0. The first kappa shape index (κ1) is 16.8. The lowest BCUT2D eigenvalue weighted by atomic mass is 10.1. The average Bonchev–Trinajstić information content (AvgIpc) is 3.46. The number of amides is 2. The Hall–Kier alpha value is -2.70. The minimum absolute atomic E-state index is 0.0428. The lowest BCUT2D eigenvalue weighted by Gasteiger charge is -2.30. The van der Waals surface area contributed by atoms with Crippen LogP contribution in [0.1, 0.15) is 47.3 Å². The fourth-order valence-electron chi connectivity index (χ4n) is 3.49. The zero-order valence-electron chi connectivity index (χ0n) is 14.9. The first-order chi connectivity index (χ1) is 12.6. The number of nitrogens with zero attached hydrogens (tertiary/aromatic N) is 4. The van der Waals surface area contributed by atoms with Crippen molar-refractivity contribution in [3.8, 4) is 0 Å². The number of benzene rings is 1. The molecule has 1 aromatic carbocycles. The van der Waals surface area contributed by atoms with Gasteiger partial charge in [0.15, 0.2) is 5.82 Å². The van der Waals surface area contributed by atoms with E-state index in [9.17, 15) is 9.59 Å². The predicted molar refractivity (Wildman–Crippen MR) is 95.3 cm³/mol. The van der Waals surface area contributed by atoms with Crippen LogP contribution < -0.4 is 0 Å². The molecule has 2 amide bonds. The van der Waals surface area contributed by atoms with E-state index in [0.29, 0.717) is 36.8 Å². The van der Waals surface area contributed by atoms with Crippen LogP contribution in [-0.2, 0) is 4.79 Å². The van der Waals surface area contributed by atoms with Crippen molar-refractivity contribution in [1.82, 2.24) is 25.0 Å². The van der Waals surface area contributed by atoms with Crippen molar-refractivity contribution in [2.24, 2.45) is 5.92 Å². The van der Waals surface area contributed by atoms with Gasteiger partial charge in [0, 0.05) is 31.1 Å². The van der Waals surface area contributed by atoms with Gasteiger partial charge in [-0.05, 0) is 38.3 Å². The Morgan fingerprint density at radius 2 is 1.92 bits per heavy atom. The number of nitrogens with one attached hydrogen (secondary N) is 1. The molecular weight excluding hydrogens is 330 g/mol. The Morgan fingerprint density at radius 1 is 1.15 bits per heavy atom. The molecule has 2 heterocycles. The second kappa shape index (κ2) is 6.90. The van der Waals surface area contributed by atoms with Gasteiger partial charge in [0.05, 0.1) is 0 Å². The van der Waals surface area contributed by atoms with Crippen LogP contribution in [0.25, 0.3) is 0 Å². The second-order valence-electron chi connectivity index (χ2n) is 7.07. The fourth-order valence-corrected chi connectivity index (χ4v) is 3.49. The number of hydrogen-bond donors (Lipinski definition) is 1. The highest BCUT2D eigenvalue weighted by molar-refractivity contribution is 5.94. The maximum atomic E-state index is 13.1. The smallest absolute Gasteiger partial charge is 0.254 e. The number of aryl methyl sites for hydroxylation is 1. The van der Waals surface area contributed by atoms with Crippen LogP contribution in [0, 0.1) is 12.8 Å². The van der Waals surface area contributed by atoms with Crippen molar-refractivity contribution in [1.29, 1.82) is 0 Å². The van der Waals surface area contributed by atoms with Crippen molar-refractivity contribution < 1.29 is 9.59 Å². The normalized spacial score (nSPS) is 20.7. The first-order valence-corrected chi connectivity index (χ1v) is 9.17. The molecule has 2 aromatic rings. The van der Waals surface area contributed by atoms with Gasteiger partial charge in [0.25, 0.3) is 5.91 Å². The molecule has 7 heteroatoms. The average molecular weight is 353 g/mol. The Labute approximate surface area is 152 Å². The maximum absolute atomic E-state index is 13.1. The highest BCUT2D eigenvalue weighted by Gasteiger charge is 2.38. The maximum Gasteiger partial charge on any atom is 0.254 e. The second-order valence-corrected chi connectivity index (χ2v) is 7.07. The third kappa shape index (κ3) is 3.34. The molecule has 1 aliphatic heterocycles. The molecular formula is C19H23N5O2.